The summed E-state index contributed by atoms with van der Waals surface area (Å²) >= 11 is 5.91. The van der Waals surface area contributed by atoms with Gasteiger partial charge < -0.3 is 10.2 Å². The summed E-state index contributed by atoms with van der Waals surface area (Å²) in [6.07, 6.45) is 0. The Labute approximate surface area is 150 Å². The molecule has 0 radical (unpaired) electrons. The molecule has 0 aromatic heterocycles. The van der Waals surface area contributed by atoms with Gasteiger partial charge in [-0.2, -0.15) is 0 Å². The van der Waals surface area contributed by atoms with Crippen LogP contribution in [0.15, 0.2) is 48.5 Å². The van der Waals surface area contributed by atoms with Crippen molar-refractivity contribution in [3.63, 3.8) is 0 Å². The van der Waals surface area contributed by atoms with Crippen LogP contribution < -0.4 is 5.32 Å². The van der Waals surface area contributed by atoms with Gasteiger partial charge in [0.05, 0.1) is 0 Å². The molecule has 3 rings (SSSR count). The first-order chi connectivity index (χ1) is 12.0. The number of nitrogens with one attached hydrogen (secondary N) is 1. The Hall–Kier alpha value is -2.66. The van der Waals surface area contributed by atoms with Crippen molar-refractivity contribution in [3.8, 4) is 11.1 Å². The van der Waals surface area contributed by atoms with Crippen LogP contribution in [0.1, 0.15) is 5.56 Å². The maximum absolute atomic E-state index is 12.2. The van der Waals surface area contributed by atoms with Crippen molar-refractivity contribution in [1.82, 2.24) is 10.2 Å². The van der Waals surface area contributed by atoms with Crippen molar-refractivity contribution in [3.05, 3.63) is 59.1 Å². The van der Waals surface area contributed by atoms with E-state index in [1.54, 1.807) is 0 Å². The van der Waals surface area contributed by atoms with Crippen LogP contribution in [-0.4, -0.2) is 36.1 Å². The monoisotopic (exact) mass is 356 g/mol. The summed E-state index contributed by atoms with van der Waals surface area (Å²) in [6.45, 7) is 0.427. The molecule has 128 valence electrons. The van der Waals surface area contributed by atoms with Gasteiger partial charge in [0.2, 0.25) is 11.7 Å². The zero-order chi connectivity index (χ0) is 18.0. The van der Waals surface area contributed by atoms with Crippen LogP contribution in [0.2, 0.25) is 5.02 Å². The smallest absolute Gasteiger partial charge is 0.290 e. The zero-order valence-corrected chi connectivity index (χ0v) is 14.4. The number of likely N-dealkylation sites (tertiary alicyclic amines) is 1. The van der Waals surface area contributed by atoms with E-state index in [0.717, 1.165) is 16.7 Å². The maximum atomic E-state index is 12.2. The van der Waals surface area contributed by atoms with Gasteiger partial charge in [-0.1, -0.05) is 41.9 Å². The molecule has 1 fully saturated rings. The fourth-order valence-corrected chi connectivity index (χ4v) is 2.92. The minimum atomic E-state index is -0.919. The minimum absolute atomic E-state index is 0.133. The van der Waals surface area contributed by atoms with Crippen molar-refractivity contribution in [2.24, 2.45) is 5.92 Å². The van der Waals surface area contributed by atoms with Crippen LogP contribution >= 0.6 is 11.6 Å². The summed E-state index contributed by atoms with van der Waals surface area (Å²) in [5.41, 5.74) is 2.94. The van der Waals surface area contributed by atoms with E-state index in [0.29, 0.717) is 11.6 Å². The molecule has 2 amide bonds. The zero-order valence-electron chi connectivity index (χ0n) is 13.7. The first-order valence-corrected chi connectivity index (χ1v) is 8.25. The molecule has 0 spiro atoms. The van der Waals surface area contributed by atoms with E-state index in [-0.39, 0.29) is 6.54 Å². The number of nitrogens with zero attached hydrogens (tertiary/aromatic N) is 1. The van der Waals surface area contributed by atoms with Crippen molar-refractivity contribution >= 4 is 29.2 Å². The van der Waals surface area contributed by atoms with Crippen LogP contribution in [-0.2, 0) is 20.9 Å². The molecule has 2 aromatic carbocycles. The van der Waals surface area contributed by atoms with E-state index >= 15 is 0 Å². The second-order valence-corrected chi connectivity index (χ2v) is 6.46. The van der Waals surface area contributed by atoms with Gasteiger partial charge in [0.15, 0.2) is 0 Å². The summed E-state index contributed by atoms with van der Waals surface area (Å²) < 4.78 is 0. The fourth-order valence-electron chi connectivity index (χ4n) is 2.79. The highest BCUT2D eigenvalue weighted by Gasteiger charge is 2.41. The van der Waals surface area contributed by atoms with Crippen LogP contribution in [0, 0.1) is 5.92 Å². The van der Waals surface area contributed by atoms with Crippen molar-refractivity contribution in [1.29, 1.82) is 0 Å². The molecule has 2 aromatic rings. The summed E-state index contributed by atoms with van der Waals surface area (Å²) in [5, 5.41) is 3.41. The number of benzene rings is 2. The molecule has 1 aliphatic rings. The minimum Gasteiger partial charge on any atom is -0.351 e. The predicted octanol–water partition coefficient (Wildman–Crippen LogP) is 2.28. The molecule has 25 heavy (non-hydrogen) atoms. The second-order valence-electron chi connectivity index (χ2n) is 6.03. The largest absolute Gasteiger partial charge is 0.351 e. The number of Topliss-reactive ketones (excluding diaryl/α,β-unsaturated/α-hetero) is 1. The van der Waals surface area contributed by atoms with Gasteiger partial charge in [-0.05, 0) is 34.9 Å². The predicted molar refractivity (Wildman–Crippen MR) is 94.9 cm³/mol. The third-order valence-corrected chi connectivity index (χ3v) is 4.47. The van der Waals surface area contributed by atoms with Crippen molar-refractivity contribution in [2.75, 3.05) is 13.6 Å². The highest BCUT2D eigenvalue weighted by molar-refractivity contribution is 6.42. The number of ketones is 1. The van der Waals surface area contributed by atoms with Gasteiger partial charge >= 0.3 is 0 Å². The fraction of sp³-hybridized carbons (Fsp3) is 0.211. The molecule has 0 saturated carbocycles. The quantitative estimate of drug-likeness (QED) is 0.675. The Balaban J connectivity index is 1.67. The molecule has 5 nitrogen and oxygen atoms in total. The molecule has 1 heterocycles. The molecule has 1 unspecified atom stereocenters. The number of carbonyl (C=O) groups excluding carboxylic acids is 3. The average Bonchev–Trinajstić information content (AvgIpc) is 2.88. The summed E-state index contributed by atoms with van der Waals surface area (Å²) in [4.78, 5) is 36.7. The van der Waals surface area contributed by atoms with Crippen molar-refractivity contribution < 1.29 is 14.4 Å². The Kier molecular flexibility index (Phi) is 4.86. The Morgan fingerprint density at radius 2 is 1.88 bits per heavy atom. The normalized spacial score (nSPS) is 17.0. The van der Waals surface area contributed by atoms with Crippen molar-refractivity contribution in [2.45, 2.75) is 6.54 Å². The van der Waals surface area contributed by atoms with Gasteiger partial charge in [-0.15, -0.1) is 0 Å². The summed E-state index contributed by atoms with van der Waals surface area (Å²) in [7, 11) is 1.52. The number of hydrogen-bond donors (Lipinski definition) is 1. The molecule has 0 bridgehead atoms. The highest BCUT2D eigenvalue weighted by Crippen LogP contribution is 2.22. The topological polar surface area (TPSA) is 66.5 Å². The second kappa shape index (κ2) is 7.07. The lowest BCUT2D eigenvalue weighted by atomic mass is 10.0. The molecular weight excluding hydrogens is 340 g/mol. The first kappa shape index (κ1) is 17.2. The number of likely N-dealkylation sites (N-methyl/N-ethyl adjacent to an activating group) is 1. The standard InChI is InChI=1S/C19H17ClN2O3/c1-22-11-16(17(23)19(22)25)18(24)21-10-12-3-2-4-14(9-12)13-5-7-15(20)8-6-13/h2-9,16H,10-11H2,1H3,(H,21,24). The molecule has 1 aliphatic heterocycles. The van der Waals surface area contributed by atoms with Crippen LogP contribution in [0.25, 0.3) is 11.1 Å². The third-order valence-electron chi connectivity index (χ3n) is 4.22. The van der Waals surface area contributed by atoms with E-state index in [2.05, 4.69) is 5.32 Å². The lowest BCUT2D eigenvalue weighted by molar-refractivity contribution is -0.142. The lowest BCUT2D eigenvalue weighted by Gasteiger charge is -2.11. The van der Waals surface area contributed by atoms with E-state index < -0.39 is 23.5 Å². The first-order valence-electron chi connectivity index (χ1n) is 7.87. The SMILES string of the molecule is CN1CC(C(=O)NCc2cccc(-c3ccc(Cl)cc3)c2)C(=O)C1=O. The molecular formula is C19H17ClN2O3. The van der Waals surface area contributed by atoms with Gasteiger partial charge in [0.1, 0.15) is 5.92 Å². The van der Waals surface area contributed by atoms with Crippen LogP contribution in [0.4, 0.5) is 0 Å². The number of halogens is 1. The van der Waals surface area contributed by atoms with E-state index in [1.165, 1.54) is 11.9 Å². The Bertz CT molecular complexity index is 833. The average molecular weight is 357 g/mol. The number of hydrogen-bond acceptors (Lipinski definition) is 3. The van der Waals surface area contributed by atoms with E-state index in [1.807, 2.05) is 48.5 Å². The lowest BCUT2D eigenvalue weighted by Crippen LogP contribution is -2.35. The molecule has 0 aliphatic carbocycles. The van der Waals surface area contributed by atoms with Crippen LogP contribution in [0.5, 0.6) is 0 Å². The number of rotatable bonds is 4. The molecule has 1 atom stereocenters. The molecule has 1 saturated heterocycles. The Morgan fingerprint density at radius 1 is 1.16 bits per heavy atom. The summed E-state index contributed by atoms with van der Waals surface area (Å²) in [6, 6.07) is 15.3. The Morgan fingerprint density at radius 3 is 2.52 bits per heavy atom. The molecule has 6 heteroatoms. The van der Waals surface area contributed by atoms with Gasteiger partial charge in [-0.3, -0.25) is 14.4 Å². The highest BCUT2D eigenvalue weighted by atomic mass is 35.5. The van der Waals surface area contributed by atoms with Crippen LogP contribution in [0.3, 0.4) is 0 Å². The maximum Gasteiger partial charge on any atom is 0.290 e. The van der Waals surface area contributed by atoms with E-state index in [4.69, 9.17) is 11.6 Å². The summed E-state index contributed by atoms with van der Waals surface area (Å²) in [5.74, 6) is -2.59. The van der Waals surface area contributed by atoms with Gasteiger partial charge in [-0.25, -0.2) is 0 Å². The molecule has 1 N–H and O–H groups in total. The third kappa shape index (κ3) is 3.72. The van der Waals surface area contributed by atoms with E-state index in [9.17, 15) is 14.4 Å². The van der Waals surface area contributed by atoms with Gasteiger partial charge in [0, 0.05) is 25.2 Å². The number of amides is 2. The van der Waals surface area contributed by atoms with Gasteiger partial charge in [0.25, 0.3) is 5.91 Å². The number of carbonyl (C=O) groups is 3.